The van der Waals surface area contributed by atoms with Crippen LogP contribution in [0.25, 0.3) is 20.2 Å². The molecule has 3 nitrogen and oxygen atoms in total. The molecule has 5 heteroatoms. The van der Waals surface area contributed by atoms with E-state index in [2.05, 4.69) is 35.0 Å². The zero-order valence-electron chi connectivity index (χ0n) is 9.90. The third-order valence-corrected chi connectivity index (χ3v) is 5.50. The van der Waals surface area contributed by atoms with Gasteiger partial charge in [0.1, 0.15) is 5.92 Å². The van der Waals surface area contributed by atoms with Gasteiger partial charge in [-0.2, -0.15) is 0 Å². The number of hydrogen-bond donors (Lipinski definition) is 2. The maximum atomic E-state index is 11.8. The molecule has 1 amide bonds. The van der Waals surface area contributed by atoms with E-state index in [9.17, 15) is 4.79 Å². The average Bonchev–Trinajstić information content (AvgIpc) is 3.04. The van der Waals surface area contributed by atoms with Gasteiger partial charge in [0.05, 0.1) is 6.54 Å². The molecule has 0 aliphatic carbocycles. The summed E-state index contributed by atoms with van der Waals surface area (Å²) in [5.41, 5.74) is 0.471. The van der Waals surface area contributed by atoms with E-state index >= 15 is 0 Å². The Balaban J connectivity index is 1.91. The molecule has 4 rings (SSSR count). The standard InChI is InChI=1S/C14H10N2OS2/c15-9-6-16-14(17)13(9)12-5-8-4-10-7(1-2-18-10)3-11(8)19-12/h1-5,13,15H,6H2,(H,16,17). The molecule has 1 saturated heterocycles. The van der Waals surface area contributed by atoms with Gasteiger partial charge in [-0.15, -0.1) is 22.7 Å². The van der Waals surface area contributed by atoms with Crippen molar-refractivity contribution in [2.45, 2.75) is 5.92 Å². The number of carbonyl (C=O) groups excluding carboxylic acids is 1. The van der Waals surface area contributed by atoms with Crippen LogP contribution in [0.15, 0.2) is 29.6 Å². The highest BCUT2D eigenvalue weighted by Crippen LogP contribution is 2.36. The minimum atomic E-state index is -0.379. The highest BCUT2D eigenvalue weighted by molar-refractivity contribution is 7.20. The van der Waals surface area contributed by atoms with Crippen molar-refractivity contribution in [2.75, 3.05) is 6.54 Å². The second-order valence-electron chi connectivity index (χ2n) is 4.67. The van der Waals surface area contributed by atoms with E-state index in [0.717, 1.165) is 4.88 Å². The molecule has 1 aromatic carbocycles. The summed E-state index contributed by atoms with van der Waals surface area (Å²) >= 11 is 3.35. The van der Waals surface area contributed by atoms with E-state index in [1.54, 1.807) is 22.7 Å². The van der Waals surface area contributed by atoms with Crippen LogP contribution in [0.3, 0.4) is 0 Å². The molecule has 19 heavy (non-hydrogen) atoms. The van der Waals surface area contributed by atoms with E-state index < -0.39 is 0 Å². The lowest BCUT2D eigenvalue weighted by Gasteiger charge is -2.02. The Labute approximate surface area is 117 Å². The van der Waals surface area contributed by atoms with Crippen LogP contribution in [0.1, 0.15) is 10.8 Å². The van der Waals surface area contributed by atoms with Gasteiger partial charge >= 0.3 is 0 Å². The number of amides is 1. The van der Waals surface area contributed by atoms with E-state index in [1.165, 1.54) is 20.2 Å². The molecule has 3 heterocycles. The van der Waals surface area contributed by atoms with Gasteiger partial charge in [-0.1, -0.05) is 0 Å². The highest BCUT2D eigenvalue weighted by atomic mass is 32.1. The molecule has 3 aromatic rings. The van der Waals surface area contributed by atoms with Crippen molar-refractivity contribution in [3.05, 3.63) is 34.5 Å². The first-order valence-corrected chi connectivity index (χ1v) is 7.68. The second-order valence-corrected chi connectivity index (χ2v) is 6.74. The Morgan fingerprint density at radius 1 is 1.21 bits per heavy atom. The van der Waals surface area contributed by atoms with Gasteiger partial charge in [-0.25, -0.2) is 0 Å². The summed E-state index contributed by atoms with van der Waals surface area (Å²) in [4.78, 5) is 12.8. The number of benzene rings is 1. The summed E-state index contributed by atoms with van der Waals surface area (Å²) < 4.78 is 2.45. The van der Waals surface area contributed by atoms with Crippen molar-refractivity contribution in [1.82, 2.24) is 5.32 Å². The average molecular weight is 286 g/mol. The summed E-state index contributed by atoms with van der Waals surface area (Å²) in [7, 11) is 0. The Hall–Kier alpha value is -1.72. The fourth-order valence-electron chi connectivity index (χ4n) is 2.50. The van der Waals surface area contributed by atoms with Crippen LogP contribution in [0.2, 0.25) is 0 Å². The SMILES string of the molecule is N=C1CNC(=O)C1c1cc2cc3sccc3cc2s1. The molecule has 2 aromatic heterocycles. The van der Waals surface area contributed by atoms with Crippen molar-refractivity contribution in [3.63, 3.8) is 0 Å². The van der Waals surface area contributed by atoms with Gasteiger partial charge in [0, 0.05) is 20.0 Å². The maximum absolute atomic E-state index is 11.8. The van der Waals surface area contributed by atoms with Gasteiger partial charge in [-0.05, 0) is 40.4 Å². The minimum Gasteiger partial charge on any atom is -0.350 e. The molecule has 0 radical (unpaired) electrons. The lowest BCUT2D eigenvalue weighted by atomic mass is 10.0. The number of rotatable bonds is 1. The van der Waals surface area contributed by atoms with Crippen LogP contribution in [0, 0.1) is 5.41 Å². The molecule has 1 fully saturated rings. The van der Waals surface area contributed by atoms with Gasteiger partial charge in [0.2, 0.25) is 5.91 Å². The zero-order chi connectivity index (χ0) is 13.0. The zero-order valence-corrected chi connectivity index (χ0v) is 11.5. The summed E-state index contributed by atoms with van der Waals surface area (Å²) in [5, 5.41) is 15.1. The fourth-order valence-corrected chi connectivity index (χ4v) is 4.55. The Bertz CT molecular complexity index is 766. The minimum absolute atomic E-state index is 0.0432. The van der Waals surface area contributed by atoms with Crippen molar-refractivity contribution in [2.24, 2.45) is 0 Å². The number of fused-ring (bicyclic) bond motifs is 2. The van der Waals surface area contributed by atoms with Gasteiger partial charge in [-0.3, -0.25) is 4.79 Å². The summed E-state index contributed by atoms with van der Waals surface area (Å²) in [5.74, 6) is -0.422. The number of nitrogens with one attached hydrogen (secondary N) is 2. The monoisotopic (exact) mass is 286 g/mol. The molecule has 0 saturated carbocycles. The fraction of sp³-hybridized carbons (Fsp3) is 0.143. The van der Waals surface area contributed by atoms with Gasteiger partial charge in [0.15, 0.2) is 0 Å². The molecule has 2 N–H and O–H groups in total. The predicted molar refractivity (Wildman–Crippen MR) is 80.7 cm³/mol. The van der Waals surface area contributed by atoms with E-state index in [-0.39, 0.29) is 11.8 Å². The molecule has 0 bridgehead atoms. The van der Waals surface area contributed by atoms with Crippen LogP contribution in [-0.2, 0) is 4.79 Å². The van der Waals surface area contributed by atoms with Crippen LogP contribution >= 0.6 is 22.7 Å². The van der Waals surface area contributed by atoms with Crippen LogP contribution in [0.4, 0.5) is 0 Å². The smallest absolute Gasteiger partial charge is 0.234 e. The quantitative estimate of drug-likeness (QED) is 0.708. The first-order chi connectivity index (χ1) is 9.22. The molecular formula is C14H10N2OS2. The first kappa shape index (κ1) is 11.1. The summed E-state index contributed by atoms with van der Waals surface area (Å²) in [6, 6.07) is 8.52. The Morgan fingerprint density at radius 2 is 2.05 bits per heavy atom. The lowest BCUT2D eigenvalue weighted by Crippen LogP contribution is -2.17. The first-order valence-electron chi connectivity index (χ1n) is 5.98. The van der Waals surface area contributed by atoms with E-state index in [0.29, 0.717) is 12.3 Å². The van der Waals surface area contributed by atoms with Crippen molar-refractivity contribution < 1.29 is 4.79 Å². The largest absolute Gasteiger partial charge is 0.350 e. The number of hydrogen-bond acceptors (Lipinski definition) is 4. The van der Waals surface area contributed by atoms with Gasteiger partial charge in [0.25, 0.3) is 0 Å². The van der Waals surface area contributed by atoms with Crippen molar-refractivity contribution >= 4 is 54.5 Å². The lowest BCUT2D eigenvalue weighted by molar-refractivity contribution is -0.119. The number of thiophene rings is 2. The molecule has 1 unspecified atom stereocenters. The molecule has 1 aliphatic heterocycles. The van der Waals surface area contributed by atoms with Gasteiger partial charge < -0.3 is 10.7 Å². The van der Waals surface area contributed by atoms with E-state index in [4.69, 9.17) is 5.41 Å². The summed E-state index contributed by atoms with van der Waals surface area (Å²) in [6.07, 6.45) is 0. The number of carbonyl (C=O) groups is 1. The molecule has 94 valence electrons. The second kappa shape index (κ2) is 3.88. The molecule has 1 aliphatic rings. The van der Waals surface area contributed by atoms with Crippen LogP contribution in [0.5, 0.6) is 0 Å². The van der Waals surface area contributed by atoms with Crippen LogP contribution in [-0.4, -0.2) is 18.2 Å². The van der Waals surface area contributed by atoms with E-state index in [1.807, 2.05) is 0 Å². The molecule has 0 spiro atoms. The highest BCUT2D eigenvalue weighted by Gasteiger charge is 2.32. The third-order valence-electron chi connectivity index (χ3n) is 3.46. The Kier molecular flexibility index (Phi) is 2.28. The third kappa shape index (κ3) is 1.62. The predicted octanol–water partition coefficient (Wildman–Crippen LogP) is 3.35. The topological polar surface area (TPSA) is 53.0 Å². The normalized spacial score (nSPS) is 19.5. The van der Waals surface area contributed by atoms with Crippen LogP contribution < -0.4 is 5.32 Å². The van der Waals surface area contributed by atoms with Crippen molar-refractivity contribution in [1.29, 1.82) is 5.41 Å². The maximum Gasteiger partial charge on any atom is 0.234 e. The van der Waals surface area contributed by atoms with Crippen molar-refractivity contribution in [3.8, 4) is 0 Å². The summed E-state index contributed by atoms with van der Waals surface area (Å²) in [6.45, 7) is 0.382. The molecule has 1 atom stereocenters. The Morgan fingerprint density at radius 3 is 2.84 bits per heavy atom. The molecular weight excluding hydrogens is 276 g/mol.